The molecule has 1 unspecified atom stereocenters. The number of anilines is 1. The number of halogens is 2. The van der Waals surface area contributed by atoms with Crippen molar-refractivity contribution in [2.75, 3.05) is 17.2 Å². The fourth-order valence-corrected chi connectivity index (χ4v) is 3.54. The van der Waals surface area contributed by atoms with Crippen LogP contribution in [0.2, 0.25) is 0 Å². The minimum Gasteiger partial charge on any atom is -0.312 e. The minimum atomic E-state index is -3.62. The smallest absolute Gasteiger partial charge is 0.232 e. The lowest BCUT2D eigenvalue weighted by Gasteiger charge is -2.17. The predicted molar refractivity (Wildman–Crippen MR) is 71.2 cm³/mol. The number of rotatable bonds is 3. The Morgan fingerprint density at radius 2 is 2.16 bits per heavy atom. The van der Waals surface area contributed by atoms with Crippen molar-refractivity contribution >= 4 is 31.3 Å². The fraction of sp³-hybridized carbons (Fsp3) is 0.417. The van der Waals surface area contributed by atoms with Crippen molar-refractivity contribution in [3.8, 4) is 0 Å². The van der Waals surface area contributed by atoms with Crippen molar-refractivity contribution in [2.45, 2.75) is 13.3 Å². The van der Waals surface area contributed by atoms with Gasteiger partial charge in [0.25, 0.3) is 0 Å². The summed E-state index contributed by atoms with van der Waals surface area (Å²) < 4.78 is 35.2. The molecule has 0 saturated carbocycles. The van der Waals surface area contributed by atoms with Crippen LogP contribution >= 0.6 is 10.7 Å². The summed E-state index contributed by atoms with van der Waals surface area (Å²) in [6, 6.07) is 4.38. The first kappa shape index (κ1) is 14.3. The quantitative estimate of drug-likeness (QED) is 0.803. The first-order valence-electron chi connectivity index (χ1n) is 5.75. The van der Waals surface area contributed by atoms with Gasteiger partial charge in [0.05, 0.1) is 5.75 Å². The van der Waals surface area contributed by atoms with Gasteiger partial charge in [0, 0.05) is 35.3 Å². The average molecular weight is 306 g/mol. The maximum absolute atomic E-state index is 13.2. The summed E-state index contributed by atoms with van der Waals surface area (Å²) in [5.74, 6) is -1.05. The van der Waals surface area contributed by atoms with Crippen molar-refractivity contribution in [1.29, 1.82) is 0 Å². The third-order valence-corrected chi connectivity index (χ3v) is 4.34. The van der Waals surface area contributed by atoms with E-state index in [-0.39, 0.29) is 36.4 Å². The van der Waals surface area contributed by atoms with E-state index in [2.05, 4.69) is 0 Å². The number of hydrogen-bond donors (Lipinski definition) is 0. The van der Waals surface area contributed by atoms with Gasteiger partial charge in [-0.25, -0.2) is 12.8 Å². The molecule has 19 heavy (non-hydrogen) atoms. The van der Waals surface area contributed by atoms with E-state index in [0.29, 0.717) is 11.3 Å². The third-order valence-electron chi connectivity index (χ3n) is 3.09. The molecule has 1 aliphatic heterocycles. The molecule has 4 nitrogen and oxygen atoms in total. The molecule has 0 radical (unpaired) electrons. The van der Waals surface area contributed by atoms with Gasteiger partial charge in [0.15, 0.2) is 0 Å². The molecule has 1 fully saturated rings. The summed E-state index contributed by atoms with van der Waals surface area (Å²) in [5.41, 5.74) is 1.03. The van der Waals surface area contributed by atoms with Gasteiger partial charge in [-0.05, 0) is 30.7 Å². The van der Waals surface area contributed by atoms with E-state index in [1.807, 2.05) is 0 Å². The van der Waals surface area contributed by atoms with E-state index in [1.165, 1.54) is 17.0 Å². The van der Waals surface area contributed by atoms with E-state index in [0.717, 1.165) is 0 Å². The molecule has 1 aliphatic rings. The van der Waals surface area contributed by atoms with Gasteiger partial charge in [0.1, 0.15) is 5.82 Å². The number of carbonyl (C=O) groups excluding carboxylic acids is 1. The van der Waals surface area contributed by atoms with Crippen LogP contribution < -0.4 is 4.90 Å². The van der Waals surface area contributed by atoms with Crippen LogP contribution in [0.15, 0.2) is 18.2 Å². The van der Waals surface area contributed by atoms with Gasteiger partial charge in [-0.1, -0.05) is 0 Å². The number of benzene rings is 1. The zero-order chi connectivity index (χ0) is 14.2. The van der Waals surface area contributed by atoms with Gasteiger partial charge in [-0.15, -0.1) is 0 Å². The van der Waals surface area contributed by atoms with E-state index in [4.69, 9.17) is 10.7 Å². The Morgan fingerprint density at radius 1 is 1.47 bits per heavy atom. The molecule has 7 heteroatoms. The SMILES string of the molecule is Cc1cc(N2CC(CS(=O)(=O)Cl)CC2=O)ccc1F. The molecular formula is C12H13ClFNO3S. The largest absolute Gasteiger partial charge is 0.312 e. The van der Waals surface area contributed by atoms with Crippen molar-refractivity contribution in [1.82, 2.24) is 0 Å². The number of aryl methyl sites for hydroxylation is 1. The first-order valence-corrected chi connectivity index (χ1v) is 8.23. The number of nitrogens with zero attached hydrogens (tertiary/aromatic N) is 1. The van der Waals surface area contributed by atoms with Crippen LogP contribution in [0, 0.1) is 18.7 Å². The molecule has 1 atom stereocenters. The molecule has 1 aromatic carbocycles. The van der Waals surface area contributed by atoms with Gasteiger partial charge < -0.3 is 4.90 Å². The molecular weight excluding hydrogens is 293 g/mol. The van der Waals surface area contributed by atoms with Crippen molar-refractivity contribution < 1.29 is 17.6 Å². The Labute approximate surface area is 115 Å². The predicted octanol–water partition coefficient (Wildman–Crippen LogP) is 2.06. The van der Waals surface area contributed by atoms with E-state index < -0.39 is 9.05 Å². The van der Waals surface area contributed by atoms with E-state index in [9.17, 15) is 17.6 Å². The Morgan fingerprint density at radius 3 is 2.74 bits per heavy atom. The highest BCUT2D eigenvalue weighted by molar-refractivity contribution is 8.13. The maximum Gasteiger partial charge on any atom is 0.232 e. The molecule has 0 aromatic heterocycles. The normalized spacial score (nSPS) is 20.1. The van der Waals surface area contributed by atoms with Crippen molar-refractivity contribution in [3.63, 3.8) is 0 Å². The lowest BCUT2D eigenvalue weighted by molar-refractivity contribution is -0.117. The molecule has 0 N–H and O–H groups in total. The second kappa shape index (κ2) is 5.09. The van der Waals surface area contributed by atoms with E-state index in [1.54, 1.807) is 13.0 Å². The number of hydrogen-bond acceptors (Lipinski definition) is 3. The number of carbonyl (C=O) groups is 1. The monoisotopic (exact) mass is 305 g/mol. The minimum absolute atomic E-state index is 0.141. The van der Waals surface area contributed by atoms with Gasteiger partial charge in [0.2, 0.25) is 15.0 Å². The summed E-state index contributed by atoms with van der Waals surface area (Å²) in [4.78, 5) is 13.3. The third kappa shape index (κ3) is 3.45. The summed E-state index contributed by atoms with van der Waals surface area (Å²) >= 11 is 0. The topological polar surface area (TPSA) is 54.5 Å². The summed E-state index contributed by atoms with van der Waals surface area (Å²) in [5, 5.41) is 0. The Hall–Kier alpha value is -1.14. The summed E-state index contributed by atoms with van der Waals surface area (Å²) in [6.45, 7) is 1.90. The highest BCUT2D eigenvalue weighted by Gasteiger charge is 2.33. The standard InChI is InChI=1S/C12H13ClFNO3S/c1-8-4-10(2-3-11(8)14)15-6-9(5-12(15)16)7-19(13,17)18/h2-4,9H,5-7H2,1H3. The lowest BCUT2D eigenvalue weighted by atomic mass is 10.1. The second-order valence-electron chi connectivity index (χ2n) is 4.71. The van der Waals surface area contributed by atoms with Crippen LogP contribution in [0.5, 0.6) is 0 Å². The van der Waals surface area contributed by atoms with E-state index >= 15 is 0 Å². The van der Waals surface area contributed by atoms with Crippen LogP contribution in [-0.4, -0.2) is 26.6 Å². The Bertz CT molecular complexity index is 617. The van der Waals surface area contributed by atoms with Crippen LogP contribution in [0.1, 0.15) is 12.0 Å². The molecule has 1 heterocycles. The molecule has 104 valence electrons. The molecule has 1 saturated heterocycles. The highest BCUT2D eigenvalue weighted by atomic mass is 35.7. The van der Waals surface area contributed by atoms with Crippen LogP contribution in [0.3, 0.4) is 0 Å². The summed E-state index contributed by atoms with van der Waals surface area (Å²) in [6.07, 6.45) is 0.141. The number of amides is 1. The first-order chi connectivity index (χ1) is 8.76. The van der Waals surface area contributed by atoms with Gasteiger partial charge in [-0.3, -0.25) is 4.79 Å². The van der Waals surface area contributed by atoms with Gasteiger partial charge in [-0.2, -0.15) is 0 Å². The molecule has 0 spiro atoms. The zero-order valence-corrected chi connectivity index (χ0v) is 11.8. The maximum atomic E-state index is 13.2. The molecule has 2 rings (SSSR count). The van der Waals surface area contributed by atoms with Crippen LogP contribution in [0.4, 0.5) is 10.1 Å². The highest BCUT2D eigenvalue weighted by Crippen LogP contribution is 2.27. The van der Waals surface area contributed by atoms with Gasteiger partial charge >= 0.3 is 0 Å². The Balaban J connectivity index is 2.18. The van der Waals surface area contributed by atoms with Crippen molar-refractivity contribution in [2.24, 2.45) is 5.92 Å². The zero-order valence-electron chi connectivity index (χ0n) is 10.3. The lowest BCUT2D eigenvalue weighted by Crippen LogP contribution is -2.25. The van der Waals surface area contributed by atoms with Crippen molar-refractivity contribution in [3.05, 3.63) is 29.6 Å². The molecule has 0 bridgehead atoms. The Kier molecular flexibility index (Phi) is 3.82. The average Bonchev–Trinajstić information content (AvgIpc) is 2.61. The molecule has 0 aliphatic carbocycles. The fourth-order valence-electron chi connectivity index (χ4n) is 2.22. The second-order valence-corrected chi connectivity index (χ2v) is 7.54. The van der Waals surface area contributed by atoms with Crippen LogP contribution in [0.25, 0.3) is 0 Å². The van der Waals surface area contributed by atoms with Crippen LogP contribution in [-0.2, 0) is 13.8 Å². The summed E-state index contributed by atoms with van der Waals surface area (Å²) in [7, 11) is 1.58. The molecule has 1 aromatic rings. The molecule has 1 amide bonds.